The van der Waals surface area contributed by atoms with Gasteiger partial charge in [0.1, 0.15) is 12.3 Å². The first-order chi connectivity index (χ1) is 12.2. The molecule has 1 aliphatic heterocycles. The molecule has 4 rings (SSSR count). The van der Waals surface area contributed by atoms with Crippen LogP contribution in [-0.4, -0.2) is 29.0 Å². The van der Waals surface area contributed by atoms with E-state index >= 15 is 0 Å². The lowest BCUT2D eigenvalue weighted by Crippen LogP contribution is -2.37. The maximum atomic E-state index is 12.5. The van der Waals surface area contributed by atoms with E-state index in [1.807, 2.05) is 53.2 Å². The maximum absolute atomic E-state index is 12.5. The van der Waals surface area contributed by atoms with Crippen LogP contribution >= 0.6 is 0 Å². The average molecular weight is 337 g/mol. The monoisotopic (exact) mass is 337 g/mol. The fourth-order valence-corrected chi connectivity index (χ4v) is 3.12. The summed E-state index contributed by atoms with van der Waals surface area (Å²) in [6.07, 6.45) is 4.50. The molecule has 0 aliphatic carbocycles. The minimum absolute atomic E-state index is 0.0227. The van der Waals surface area contributed by atoms with Crippen LogP contribution in [0, 0.1) is 5.92 Å². The Balaban J connectivity index is 1.41. The number of rotatable bonds is 4. The van der Waals surface area contributed by atoms with Crippen molar-refractivity contribution in [3.63, 3.8) is 0 Å². The van der Waals surface area contributed by atoms with Gasteiger partial charge in [-0.1, -0.05) is 18.2 Å². The fourth-order valence-electron chi connectivity index (χ4n) is 3.12. The molecule has 0 fully saturated rings. The molecule has 1 atom stereocenters. The predicted molar refractivity (Wildman–Crippen MR) is 92.7 cm³/mol. The second kappa shape index (κ2) is 6.47. The lowest BCUT2D eigenvalue weighted by Gasteiger charge is -2.25. The van der Waals surface area contributed by atoms with Gasteiger partial charge in [0, 0.05) is 12.4 Å². The van der Waals surface area contributed by atoms with Gasteiger partial charge >= 0.3 is 0 Å². The van der Waals surface area contributed by atoms with Crippen molar-refractivity contribution in [2.75, 3.05) is 13.7 Å². The lowest BCUT2D eigenvalue weighted by molar-refractivity contribution is -0.126. The number of pyridine rings is 1. The first kappa shape index (κ1) is 15.5. The van der Waals surface area contributed by atoms with Gasteiger partial charge in [0.15, 0.2) is 11.5 Å². The number of methoxy groups -OCH3 is 1. The first-order valence-corrected chi connectivity index (χ1v) is 8.23. The van der Waals surface area contributed by atoms with Crippen molar-refractivity contribution >= 4 is 11.6 Å². The minimum Gasteiger partial charge on any atom is -0.493 e. The molecular weight excluding hydrogens is 318 g/mol. The van der Waals surface area contributed by atoms with Crippen LogP contribution in [-0.2, 0) is 17.8 Å². The van der Waals surface area contributed by atoms with E-state index in [-0.39, 0.29) is 11.8 Å². The van der Waals surface area contributed by atoms with Crippen LogP contribution in [0.25, 0.3) is 5.65 Å². The average Bonchev–Trinajstić information content (AvgIpc) is 3.08. The highest BCUT2D eigenvalue weighted by atomic mass is 16.5. The number of imidazole rings is 1. The molecule has 0 spiro atoms. The number of hydrogen-bond acceptors (Lipinski definition) is 4. The van der Waals surface area contributed by atoms with Gasteiger partial charge in [0.2, 0.25) is 5.91 Å². The van der Waals surface area contributed by atoms with Gasteiger partial charge in [-0.2, -0.15) is 0 Å². The molecule has 1 aliphatic rings. The number of benzene rings is 1. The largest absolute Gasteiger partial charge is 0.493 e. The summed E-state index contributed by atoms with van der Waals surface area (Å²) in [6, 6.07) is 11.6. The highest BCUT2D eigenvalue weighted by molar-refractivity contribution is 5.79. The van der Waals surface area contributed by atoms with Crippen molar-refractivity contribution in [2.24, 2.45) is 5.92 Å². The molecule has 6 heteroatoms. The van der Waals surface area contributed by atoms with Crippen LogP contribution in [0.3, 0.4) is 0 Å². The summed E-state index contributed by atoms with van der Waals surface area (Å²) in [5, 5.41) is 2.96. The second-order valence-corrected chi connectivity index (χ2v) is 6.08. The number of carbonyl (C=O) groups excluding carboxylic acids is 1. The Bertz CT molecular complexity index is 886. The fraction of sp³-hybridized carbons (Fsp3) is 0.263. The summed E-state index contributed by atoms with van der Waals surface area (Å²) in [5.41, 5.74) is 2.70. The molecule has 1 amide bonds. The van der Waals surface area contributed by atoms with Gasteiger partial charge < -0.3 is 19.2 Å². The number of nitrogens with one attached hydrogen (secondary N) is 1. The molecule has 1 N–H and O–H groups in total. The Morgan fingerprint density at radius 2 is 2.28 bits per heavy atom. The van der Waals surface area contributed by atoms with Crippen molar-refractivity contribution in [3.05, 3.63) is 60.0 Å². The first-order valence-electron chi connectivity index (χ1n) is 8.23. The summed E-state index contributed by atoms with van der Waals surface area (Å²) < 4.78 is 13.0. The van der Waals surface area contributed by atoms with Crippen LogP contribution in [0.1, 0.15) is 11.3 Å². The molecule has 0 saturated heterocycles. The van der Waals surface area contributed by atoms with Gasteiger partial charge in [-0.15, -0.1) is 0 Å². The summed E-state index contributed by atoms with van der Waals surface area (Å²) in [6.45, 7) is 0.756. The van der Waals surface area contributed by atoms with Gasteiger partial charge in [0.25, 0.3) is 0 Å². The Labute approximate surface area is 145 Å². The number of fused-ring (bicyclic) bond motifs is 2. The van der Waals surface area contributed by atoms with Gasteiger partial charge in [0.05, 0.1) is 25.3 Å². The molecule has 0 saturated carbocycles. The molecule has 3 heterocycles. The molecule has 0 radical (unpaired) electrons. The Morgan fingerprint density at radius 1 is 1.36 bits per heavy atom. The zero-order valence-corrected chi connectivity index (χ0v) is 13.9. The van der Waals surface area contributed by atoms with E-state index in [2.05, 4.69) is 10.3 Å². The highest BCUT2D eigenvalue weighted by Gasteiger charge is 2.27. The van der Waals surface area contributed by atoms with E-state index < -0.39 is 0 Å². The van der Waals surface area contributed by atoms with Crippen molar-refractivity contribution in [1.29, 1.82) is 0 Å². The summed E-state index contributed by atoms with van der Waals surface area (Å²) >= 11 is 0. The zero-order valence-electron chi connectivity index (χ0n) is 13.9. The Hall–Kier alpha value is -3.02. The van der Waals surface area contributed by atoms with Crippen LogP contribution in [0.4, 0.5) is 0 Å². The molecule has 6 nitrogen and oxygen atoms in total. The zero-order chi connectivity index (χ0) is 17.2. The van der Waals surface area contributed by atoms with Gasteiger partial charge in [-0.05, 0) is 30.2 Å². The number of amides is 1. The molecule has 1 aromatic carbocycles. The Morgan fingerprint density at radius 3 is 3.12 bits per heavy atom. The standard InChI is InChI=1S/C19H19N3O3/c1-24-16-6-4-5-13-9-14(12-25-18(13)16)19(23)20-10-15-11-22-8-3-2-7-17(22)21-15/h2-8,11,14H,9-10,12H2,1H3,(H,20,23)/t14-/m0/s1. The third kappa shape index (κ3) is 3.03. The van der Waals surface area contributed by atoms with Gasteiger partial charge in [-0.3, -0.25) is 4.79 Å². The number of para-hydroxylation sites is 1. The van der Waals surface area contributed by atoms with E-state index in [1.165, 1.54) is 0 Å². The van der Waals surface area contributed by atoms with E-state index in [4.69, 9.17) is 9.47 Å². The molecular formula is C19H19N3O3. The quantitative estimate of drug-likeness (QED) is 0.793. The van der Waals surface area contributed by atoms with E-state index in [1.54, 1.807) is 7.11 Å². The van der Waals surface area contributed by atoms with E-state index in [9.17, 15) is 4.79 Å². The van der Waals surface area contributed by atoms with Gasteiger partial charge in [-0.25, -0.2) is 4.98 Å². The molecule has 3 aromatic rings. The number of ether oxygens (including phenoxy) is 2. The number of aromatic nitrogens is 2. The molecule has 0 bridgehead atoms. The van der Waals surface area contributed by atoms with E-state index in [0.717, 1.165) is 22.7 Å². The van der Waals surface area contributed by atoms with Crippen LogP contribution < -0.4 is 14.8 Å². The summed E-state index contributed by atoms with van der Waals surface area (Å²) in [4.78, 5) is 17.0. The van der Waals surface area contributed by atoms with Crippen LogP contribution in [0.5, 0.6) is 11.5 Å². The third-order valence-electron chi connectivity index (χ3n) is 4.40. The molecule has 25 heavy (non-hydrogen) atoms. The van der Waals surface area contributed by atoms with Crippen molar-refractivity contribution in [2.45, 2.75) is 13.0 Å². The molecule has 2 aromatic heterocycles. The molecule has 128 valence electrons. The minimum atomic E-state index is -0.211. The second-order valence-electron chi connectivity index (χ2n) is 6.08. The lowest BCUT2D eigenvalue weighted by atomic mass is 9.95. The predicted octanol–water partition coefficient (Wildman–Crippen LogP) is 2.21. The highest BCUT2D eigenvalue weighted by Crippen LogP contribution is 2.36. The summed E-state index contributed by atoms with van der Waals surface area (Å²) in [5.74, 6) is 1.22. The summed E-state index contributed by atoms with van der Waals surface area (Å²) in [7, 11) is 1.62. The topological polar surface area (TPSA) is 64.9 Å². The maximum Gasteiger partial charge on any atom is 0.227 e. The van der Waals surface area contributed by atoms with Crippen molar-refractivity contribution in [3.8, 4) is 11.5 Å². The van der Waals surface area contributed by atoms with Crippen LogP contribution in [0.2, 0.25) is 0 Å². The van der Waals surface area contributed by atoms with Crippen molar-refractivity contribution < 1.29 is 14.3 Å². The van der Waals surface area contributed by atoms with Crippen molar-refractivity contribution in [1.82, 2.24) is 14.7 Å². The third-order valence-corrected chi connectivity index (χ3v) is 4.40. The SMILES string of the molecule is COc1cccc2c1OC[C@@H](C(=O)NCc1cn3ccccc3n1)C2. The Kier molecular flexibility index (Phi) is 4.01. The number of nitrogens with zero attached hydrogens (tertiary/aromatic N) is 2. The van der Waals surface area contributed by atoms with E-state index in [0.29, 0.717) is 25.3 Å². The number of hydrogen-bond donors (Lipinski definition) is 1. The molecule has 0 unspecified atom stereocenters. The van der Waals surface area contributed by atoms with Crippen LogP contribution in [0.15, 0.2) is 48.8 Å². The normalized spacial score (nSPS) is 16.1. The number of carbonyl (C=O) groups is 1. The smallest absolute Gasteiger partial charge is 0.227 e.